The maximum absolute atomic E-state index is 13.4. The molecule has 3 atom stereocenters. The molecule has 4 N–H and O–H groups in total. The fourth-order valence-corrected chi connectivity index (χ4v) is 5.96. The second-order valence-electron chi connectivity index (χ2n) is 11.8. The fraction of sp³-hybridized carbons (Fsp3) is 0.455. The third-order valence-electron chi connectivity index (χ3n) is 8.43. The van der Waals surface area contributed by atoms with Gasteiger partial charge in [-0.2, -0.15) is 0 Å². The highest BCUT2D eigenvalue weighted by molar-refractivity contribution is 5.86. The Morgan fingerprint density at radius 3 is 2.21 bits per heavy atom. The van der Waals surface area contributed by atoms with Crippen molar-refractivity contribution in [3.8, 4) is 23.1 Å². The molecule has 2 fully saturated rings. The summed E-state index contributed by atoms with van der Waals surface area (Å²) in [6.45, 7) is 4.80. The van der Waals surface area contributed by atoms with E-state index in [-0.39, 0.29) is 36.4 Å². The number of nitrogens with one attached hydrogen (secondary N) is 4. The van der Waals surface area contributed by atoms with E-state index in [1.54, 1.807) is 22.2 Å². The number of imidazole rings is 2. The summed E-state index contributed by atoms with van der Waals surface area (Å²) in [6, 6.07) is 6.62. The molecule has 2 saturated heterocycles. The van der Waals surface area contributed by atoms with Gasteiger partial charge in [0.2, 0.25) is 11.8 Å². The van der Waals surface area contributed by atoms with Gasteiger partial charge in [0.25, 0.3) is 0 Å². The predicted octanol–water partition coefficient (Wildman–Crippen LogP) is 3.26. The second-order valence-corrected chi connectivity index (χ2v) is 11.8. The van der Waals surface area contributed by atoms with Crippen LogP contribution in [0.5, 0.6) is 0 Å². The van der Waals surface area contributed by atoms with Crippen molar-refractivity contribution in [2.45, 2.75) is 57.7 Å². The normalized spacial score (nSPS) is 18.0. The van der Waals surface area contributed by atoms with Gasteiger partial charge in [0, 0.05) is 18.7 Å². The van der Waals surface area contributed by atoms with Crippen molar-refractivity contribution in [1.82, 2.24) is 40.4 Å². The number of methoxy groups -OCH3 is 2. The minimum atomic E-state index is -0.697. The molecule has 0 saturated carbocycles. The molecule has 4 heterocycles. The molecular weight excluding hydrogens is 604 g/mol. The van der Waals surface area contributed by atoms with Crippen LogP contribution in [-0.4, -0.2) is 93.6 Å². The number of aromatic nitrogens is 4. The largest absolute Gasteiger partial charge is 0.453 e. The van der Waals surface area contributed by atoms with Crippen molar-refractivity contribution < 1.29 is 28.7 Å². The van der Waals surface area contributed by atoms with Gasteiger partial charge in [0.15, 0.2) is 0 Å². The van der Waals surface area contributed by atoms with Gasteiger partial charge < -0.3 is 39.9 Å². The van der Waals surface area contributed by atoms with Gasteiger partial charge >= 0.3 is 12.2 Å². The summed E-state index contributed by atoms with van der Waals surface area (Å²) in [6.07, 6.45) is 5.35. The standard InChI is InChI=1S/C33H40N8O6/c1-20(2)28(39-33(45)47-4)31(43)41-16-6-8-26(41)29-34-17-23(37-29)14-11-21-9-12-22(13-10-21)24-18-35-30(38-24)25-7-5-15-40(25)27(42)19-36-32(44)46-3/h9-10,12-13,17-18,20,25-26,28H,5-8,15-16,19H2,1-4H3,(H,34,37)(H,35,38)(H,36,44)(H,39,45)/t25-,26-,28?/m0/s1. The number of carbonyl (C=O) groups excluding carboxylic acids is 4. The minimum Gasteiger partial charge on any atom is -0.453 e. The summed E-state index contributed by atoms with van der Waals surface area (Å²) >= 11 is 0. The van der Waals surface area contributed by atoms with E-state index in [2.05, 4.69) is 47.1 Å². The Labute approximate surface area is 273 Å². The lowest BCUT2D eigenvalue weighted by Crippen LogP contribution is -2.51. The number of rotatable bonds is 8. The summed E-state index contributed by atoms with van der Waals surface area (Å²) in [5, 5.41) is 5.10. The van der Waals surface area contributed by atoms with Crippen LogP contribution < -0.4 is 10.6 Å². The summed E-state index contributed by atoms with van der Waals surface area (Å²) in [5.74, 6) is 7.18. The highest BCUT2D eigenvalue weighted by Crippen LogP contribution is 2.32. The molecule has 0 aliphatic carbocycles. The fourth-order valence-electron chi connectivity index (χ4n) is 5.96. The van der Waals surface area contributed by atoms with E-state index in [1.807, 2.05) is 38.1 Å². The van der Waals surface area contributed by atoms with E-state index < -0.39 is 18.2 Å². The molecule has 0 radical (unpaired) electrons. The van der Waals surface area contributed by atoms with Crippen molar-refractivity contribution in [2.24, 2.45) is 5.92 Å². The van der Waals surface area contributed by atoms with Crippen molar-refractivity contribution in [3.63, 3.8) is 0 Å². The van der Waals surface area contributed by atoms with Crippen molar-refractivity contribution in [2.75, 3.05) is 33.9 Å². The van der Waals surface area contributed by atoms with Crippen molar-refractivity contribution in [3.05, 3.63) is 59.6 Å². The first-order chi connectivity index (χ1) is 22.7. The van der Waals surface area contributed by atoms with Crippen LogP contribution in [-0.2, 0) is 19.1 Å². The van der Waals surface area contributed by atoms with Gasteiger partial charge in [-0.1, -0.05) is 31.9 Å². The molecule has 1 aromatic carbocycles. The molecule has 14 heteroatoms. The molecule has 3 aromatic rings. The Bertz CT molecular complexity index is 1650. The SMILES string of the molecule is COC(=O)NCC(=O)N1CCC[C@H]1c1ncc(-c2ccc(C#Cc3cnc([C@@H]4CCCN4C(=O)C(NC(=O)OC)C(C)C)[nH]3)cc2)[nH]1. The lowest BCUT2D eigenvalue weighted by atomic mass is 10.0. The predicted molar refractivity (Wildman–Crippen MR) is 171 cm³/mol. The number of benzene rings is 1. The number of carbonyl (C=O) groups is 4. The van der Waals surface area contributed by atoms with E-state index in [1.165, 1.54) is 14.2 Å². The molecule has 0 bridgehead atoms. The molecule has 2 aliphatic heterocycles. The summed E-state index contributed by atoms with van der Waals surface area (Å²) in [5.41, 5.74) is 3.18. The van der Waals surface area contributed by atoms with E-state index in [9.17, 15) is 19.2 Å². The highest BCUT2D eigenvalue weighted by Gasteiger charge is 2.37. The van der Waals surface area contributed by atoms with E-state index in [0.717, 1.165) is 42.5 Å². The molecule has 14 nitrogen and oxygen atoms in total. The zero-order chi connectivity index (χ0) is 33.5. The number of amides is 4. The van der Waals surface area contributed by atoms with Crippen LogP contribution in [0.2, 0.25) is 0 Å². The van der Waals surface area contributed by atoms with Crippen LogP contribution in [0.25, 0.3) is 11.3 Å². The second kappa shape index (κ2) is 14.8. The smallest absolute Gasteiger partial charge is 0.407 e. The van der Waals surface area contributed by atoms with Crippen molar-refractivity contribution in [1.29, 1.82) is 0 Å². The van der Waals surface area contributed by atoms with Gasteiger partial charge in [-0.15, -0.1) is 0 Å². The Balaban J connectivity index is 1.21. The van der Waals surface area contributed by atoms with Crippen molar-refractivity contribution >= 4 is 24.0 Å². The highest BCUT2D eigenvalue weighted by atomic mass is 16.5. The Hall–Kier alpha value is -5.32. The molecule has 1 unspecified atom stereocenters. The van der Waals surface area contributed by atoms with Crippen LogP contribution in [0.1, 0.15) is 74.5 Å². The molecule has 47 heavy (non-hydrogen) atoms. The third-order valence-corrected chi connectivity index (χ3v) is 8.43. The average molecular weight is 645 g/mol. The molecule has 0 spiro atoms. The van der Waals surface area contributed by atoms with Crippen LogP contribution in [0.4, 0.5) is 9.59 Å². The molecule has 2 aromatic heterocycles. The summed E-state index contributed by atoms with van der Waals surface area (Å²) in [4.78, 5) is 68.5. The van der Waals surface area contributed by atoms with Gasteiger partial charge in [0.05, 0.1) is 44.4 Å². The van der Waals surface area contributed by atoms with Crippen LogP contribution >= 0.6 is 0 Å². The zero-order valence-corrected chi connectivity index (χ0v) is 27.0. The molecular formula is C33H40N8O6. The van der Waals surface area contributed by atoms with E-state index in [4.69, 9.17) is 4.74 Å². The molecule has 2 aliphatic rings. The summed E-state index contributed by atoms with van der Waals surface area (Å²) in [7, 11) is 2.53. The number of H-pyrrole nitrogens is 2. The lowest BCUT2D eigenvalue weighted by Gasteiger charge is -2.29. The van der Waals surface area contributed by atoms with Crippen LogP contribution in [0.15, 0.2) is 36.7 Å². The van der Waals surface area contributed by atoms with Gasteiger partial charge in [-0.25, -0.2) is 19.6 Å². The van der Waals surface area contributed by atoms with Gasteiger partial charge in [-0.05, 0) is 55.2 Å². The first kappa shape index (κ1) is 33.1. The Morgan fingerprint density at radius 2 is 1.53 bits per heavy atom. The Morgan fingerprint density at radius 1 is 0.894 bits per heavy atom. The first-order valence-electron chi connectivity index (χ1n) is 15.7. The Kier molecular flexibility index (Phi) is 10.4. The molecule has 4 amide bonds. The van der Waals surface area contributed by atoms with E-state index >= 15 is 0 Å². The number of ether oxygens (including phenoxy) is 2. The number of nitrogens with zero attached hydrogens (tertiary/aromatic N) is 4. The number of alkyl carbamates (subject to hydrolysis) is 2. The number of hydrogen-bond donors (Lipinski definition) is 4. The average Bonchev–Trinajstić information content (AvgIpc) is 3.90. The van der Waals surface area contributed by atoms with Crippen LogP contribution in [0.3, 0.4) is 0 Å². The monoisotopic (exact) mass is 644 g/mol. The van der Waals surface area contributed by atoms with E-state index in [0.29, 0.717) is 30.4 Å². The number of aromatic amines is 2. The summed E-state index contributed by atoms with van der Waals surface area (Å²) < 4.78 is 9.26. The van der Waals surface area contributed by atoms with Gasteiger partial charge in [0.1, 0.15) is 29.9 Å². The molecule has 248 valence electrons. The lowest BCUT2D eigenvalue weighted by molar-refractivity contribution is -0.135. The van der Waals surface area contributed by atoms with Crippen LogP contribution in [0, 0.1) is 17.8 Å². The topological polar surface area (TPSA) is 175 Å². The maximum Gasteiger partial charge on any atom is 0.407 e. The zero-order valence-electron chi connectivity index (χ0n) is 27.0. The maximum atomic E-state index is 13.4. The van der Waals surface area contributed by atoms with Gasteiger partial charge in [-0.3, -0.25) is 9.59 Å². The quantitative estimate of drug-likeness (QED) is 0.270. The minimum absolute atomic E-state index is 0.112. The number of hydrogen-bond acceptors (Lipinski definition) is 8. The molecule has 5 rings (SSSR count). The number of likely N-dealkylation sites (tertiary alicyclic amines) is 2. The first-order valence-corrected chi connectivity index (χ1v) is 15.7. The third kappa shape index (κ3) is 7.74.